The van der Waals surface area contributed by atoms with Gasteiger partial charge in [0.2, 0.25) is 0 Å². The highest BCUT2D eigenvalue weighted by Crippen LogP contribution is 2.36. The molecule has 0 aliphatic heterocycles. The summed E-state index contributed by atoms with van der Waals surface area (Å²) in [6, 6.07) is 19.8. The summed E-state index contributed by atoms with van der Waals surface area (Å²) < 4.78 is 6.12. The number of esters is 1. The fourth-order valence-corrected chi connectivity index (χ4v) is 4.04. The number of hydrogen-bond acceptors (Lipinski definition) is 2. The monoisotopic (exact) mass is 362 g/mol. The van der Waals surface area contributed by atoms with Crippen molar-refractivity contribution in [2.75, 3.05) is 0 Å². The molecule has 2 aromatic rings. The van der Waals surface area contributed by atoms with Crippen molar-refractivity contribution in [2.24, 2.45) is 17.8 Å². The van der Waals surface area contributed by atoms with Crippen LogP contribution >= 0.6 is 0 Å². The molecule has 3 atom stereocenters. The van der Waals surface area contributed by atoms with Gasteiger partial charge in [0.1, 0.15) is 6.10 Å². The molecule has 0 unspecified atom stereocenters. The lowest BCUT2D eigenvalue weighted by Crippen LogP contribution is -2.36. The van der Waals surface area contributed by atoms with Gasteiger partial charge in [0.25, 0.3) is 0 Å². The maximum Gasteiger partial charge on any atom is 0.339 e. The fourth-order valence-electron chi connectivity index (χ4n) is 4.04. The van der Waals surface area contributed by atoms with Gasteiger partial charge >= 0.3 is 5.97 Å². The van der Waals surface area contributed by atoms with Crippen LogP contribution in [0.1, 0.15) is 51.2 Å². The fraction of sp³-hybridized carbons (Fsp3) is 0.400. The maximum absolute atomic E-state index is 13.2. The van der Waals surface area contributed by atoms with E-state index in [0.717, 1.165) is 24.0 Å². The van der Waals surface area contributed by atoms with E-state index in [0.29, 0.717) is 23.3 Å². The van der Waals surface area contributed by atoms with Gasteiger partial charge in [-0.2, -0.15) is 0 Å². The number of carbonyl (C=O) groups is 1. The first kappa shape index (κ1) is 19.4. The van der Waals surface area contributed by atoms with Crippen LogP contribution in [0.25, 0.3) is 11.6 Å². The second-order valence-corrected chi connectivity index (χ2v) is 8.10. The van der Waals surface area contributed by atoms with Crippen LogP contribution in [0.2, 0.25) is 0 Å². The van der Waals surface area contributed by atoms with Crippen molar-refractivity contribution < 1.29 is 9.53 Å². The SMILES string of the molecule is CC(C)[C@@H]1CC[C@@H](C)C[C@H]1OC(=O)/C(=C/c1ccccc1)c1ccccc1. The topological polar surface area (TPSA) is 26.3 Å². The molecule has 0 radical (unpaired) electrons. The molecule has 1 fully saturated rings. The van der Waals surface area contributed by atoms with Crippen LogP contribution in [0.4, 0.5) is 0 Å². The first-order valence-electron chi connectivity index (χ1n) is 10.1. The molecular formula is C25H30O2. The van der Waals surface area contributed by atoms with Gasteiger partial charge < -0.3 is 4.74 Å². The van der Waals surface area contributed by atoms with Crippen molar-refractivity contribution in [3.63, 3.8) is 0 Å². The maximum atomic E-state index is 13.2. The molecule has 1 aliphatic rings. The van der Waals surface area contributed by atoms with Gasteiger partial charge in [-0.05, 0) is 47.8 Å². The van der Waals surface area contributed by atoms with Gasteiger partial charge in [0.05, 0.1) is 5.57 Å². The van der Waals surface area contributed by atoms with Crippen LogP contribution in [0.15, 0.2) is 60.7 Å². The Labute approximate surface area is 163 Å². The Morgan fingerprint density at radius 3 is 2.26 bits per heavy atom. The van der Waals surface area contributed by atoms with Crippen LogP contribution in [0.5, 0.6) is 0 Å². The van der Waals surface area contributed by atoms with Crippen LogP contribution in [-0.2, 0) is 9.53 Å². The minimum absolute atomic E-state index is 0.00383. The Balaban J connectivity index is 1.88. The number of carbonyl (C=O) groups excluding carboxylic acids is 1. The third kappa shape index (κ3) is 5.09. The van der Waals surface area contributed by atoms with E-state index in [1.54, 1.807) is 0 Å². The molecule has 0 bridgehead atoms. The van der Waals surface area contributed by atoms with E-state index in [2.05, 4.69) is 20.8 Å². The lowest BCUT2D eigenvalue weighted by Gasteiger charge is -2.36. The Kier molecular flexibility index (Phi) is 6.49. The van der Waals surface area contributed by atoms with E-state index < -0.39 is 0 Å². The lowest BCUT2D eigenvalue weighted by atomic mass is 9.75. The Hall–Kier alpha value is -2.35. The summed E-state index contributed by atoms with van der Waals surface area (Å²) in [7, 11) is 0. The second kappa shape index (κ2) is 9.03. The standard InChI is InChI=1S/C25H30O2/c1-18(2)22-15-14-19(3)16-24(22)27-25(26)23(21-12-8-5-9-13-21)17-20-10-6-4-7-11-20/h4-13,17-19,22,24H,14-16H2,1-3H3/b23-17+/t19-,22+,24-/m1/s1. The quantitative estimate of drug-likeness (QED) is 0.358. The molecule has 0 spiro atoms. The van der Waals surface area contributed by atoms with Crippen LogP contribution in [0.3, 0.4) is 0 Å². The number of ether oxygens (including phenoxy) is 1. The smallest absolute Gasteiger partial charge is 0.339 e. The normalized spacial score (nSPS) is 23.3. The molecule has 2 heteroatoms. The highest BCUT2D eigenvalue weighted by molar-refractivity contribution is 6.21. The van der Waals surface area contributed by atoms with Crippen molar-refractivity contribution in [1.29, 1.82) is 0 Å². The van der Waals surface area contributed by atoms with Crippen LogP contribution in [0, 0.1) is 17.8 Å². The minimum atomic E-state index is -0.213. The van der Waals surface area contributed by atoms with Gasteiger partial charge in [-0.15, -0.1) is 0 Å². The van der Waals surface area contributed by atoms with Gasteiger partial charge in [0, 0.05) is 0 Å². The molecule has 2 aromatic carbocycles. The summed E-state index contributed by atoms with van der Waals surface area (Å²) in [5.41, 5.74) is 2.53. The highest BCUT2D eigenvalue weighted by atomic mass is 16.5. The molecule has 2 nitrogen and oxygen atoms in total. The zero-order chi connectivity index (χ0) is 19.2. The number of hydrogen-bond donors (Lipinski definition) is 0. The predicted octanol–water partition coefficient (Wildman–Crippen LogP) is 6.23. The van der Waals surface area contributed by atoms with Crippen molar-refractivity contribution in [3.8, 4) is 0 Å². The van der Waals surface area contributed by atoms with E-state index >= 15 is 0 Å². The average molecular weight is 363 g/mol. The molecule has 1 aliphatic carbocycles. The summed E-state index contributed by atoms with van der Waals surface area (Å²) in [4.78, 5) is 13.2. The van der Waals surface area contributed by atoms with Crippen molar-refractivity contribution in [3.05, 3.63) is 71.8 Å². The van der Waals surface area contributed by atoms with Gasteiger partial charge in [-0.3, -0.25) is 0 Å². The largest absolute Gasteiger partial charge is 0.458 e. The summed E-state index contributed by atoms with van der Waals surface area (Å²) in [6.45, 7) is 6.73. The first-order valence-corrected chi connectivity index (χ1v) is 10.1. The Bertz CT molecular complexity index is 761. The van der Waals surface area contributed by atoms with E-state index in [4.69, 9.17) is 4.74 Å². The summed E-state index contributed by atoms with van der Waals surface area (Å²) in [5.74, 6) is 1.36. The van der Waals surface area contributed by atoms with Crippen LogP contribution in [-0.4, -0.2) is 12.1 Å². The third-order valence-corrected chi connectivity index (χ3v) is 5.64. The zero-order valence-corrected chi connectivity index (χ0v) is 16.6. The second-order valence-electron chi connectivity index (χ2n) is 8.10. The van der Waals surface area contributed by atoms with E-state index in [1.807, 2.05) is 66.7 Å². The van der Waals surface area contributed by atoms with E-state index in [-0.39, 0.29) is 12.1 Å². The number of benzene rings is 2. The van der Waals surface area contributed by atoms with Crippen LogP contribution < -0.4 is 0 Å². The highest BCUT2D eigenvalue weighted by Gasteiger charge is 2.34. The molecule has 142 valence electrons. The molecule has 0 saturated heterocycles. The summed E-state index contributed by atoms with van der Waals surface area (Å²) >= 11 is 0. The van der Waals surface area contributed by atoms with Crippen molar-refractivity contribution in [1.82, 2.24) is 0 Å². The molecule has 0 N–H and O–H groups in total. The molecule has 27 heavy (non-hydrogen) atoms. The molecule has 3 rings (SSSR count). The van der Waals surface area contributed by atoms with Gasteiger partial charge in [0.15, 0.2) is 0 Å². The zero-order valence-electron chi connectivity index (χ0n) is 16.6. The van der Waals surface area contributed by atoms with Crippen molar-refractivity contribution in [2.45, 2.75) is 46.1 Å². The van der Waals surface area contributed by atoms with Gasteiger partial charge in [-0.1, -0.05) is 87.9 Å². The first-order chi connectivity index (χ1) is 13.0. The summed E-state index contributed by atoms with van der Waals surface area (Å²) in [6.07, 6.45) is 5.27. The average Bonchev–Trinajstić information content (AvgIpc) is 2.67. The van der Waals surface area contributed by atoms with E-state index in [1.165, 1.54) is 6.42 Å². The molecule has 0 amide bonds. The third-order valence-electron chi connectivity index (χ3n) is 5.64. The number of rotatable bonds is 5. The Morgan fingerprint density at radius 2 is 1.63 bits per heavy atom. The molecule has 0 heterocycles. The van der Waals surface area contributed by atoms with Crippen molar-refractivity contribution >= 4 is 17.6 Å². The predicted molar refractivity (Wildman–Crippen MR) is 112 cm³/mol. The molecular weight excluding hydrogens is 332 g/mol. The lowest BCUT2D eigenvalue weighted by molar-refractivity contribution is -0.148. The molecule has 1 saturated carbocycles. The van der Waals surface area contributed by atoms with E-state index in [9.17, 15) is 4.79 Å². The Morgan fingerprint density at radius 1 is 1.00 bits per heavy atom. The molecule has 0 aromatic heterocycles. The minimum Gasteiger partial charge on any atom is -0.458 e. The summed E-state index contributed by atoms with van der Waals surface area (Å²) in [5, 5.41) is 0. The van der Waals surface area contributed by atoms with Gasteiger partial charge in [-0.25, -0.2) is 4.79 Å².